The number of rotatable bonds is 9. The van der Waals surface area contributed by atoms with E-state index >= 15 is 0 Å². The van der Waals surface area contributed by atoms with Crippen LogP contribution in [-0.2, 0) is 17.5 Å². The van der Waals surface area contributed by atoms with E-state index in [2.05, 4.69) is 20.8 Å². The van der Waals surface area contributed by atoms with Crippen LogP contribution < -0.4 is 10.6 Å². The van der Waals surface area contributed by atoms with Crippen LogP contribution in [0.25, 0.3) is 5.69 Å². The Morgan fingerprint density at radius 2 is 1.75 bits per heavy atom. The first-order chi connectivity index (χ1) is 19.0. The number of nitrogens with zero attached hydrogens (tertiary/aromatic N) is 4. The number of non-ortho nitro benzene ring substituents is 1. The van der Waals surface area contributed by atoms with Gasteiger partial charge in [0.15, 0.2) is 11.0 Å². The van der Waals surface area contributed by atoms with E-state index < -0.39 is 22.6 Å². The molecule has 0 fully saturated rings. The highest BCUT2D eigenvalue weighted by Crippen LogP contribution is 2.32. The molecule has 4 rings (SSSR count). The third-order valence-corrected chi connectivity index (χ3v) is 6.44. The summed E-state index contributed by atoms with van der Waals surface area (Å²) in [5.41, 5.74) is 0.690. The molecule has 206 valence electrons. The van der Waals surface area contributed by atoms with Crippen LogP contribution in [0.4, 0.5) is 24.5 Å². The number of hydrogen-bond donors (Lipinski definition) is 2. The van der Waals surface area contributed by atoms with E-state index in [1.807, 2.05) is 13.0 Å². The van der Waals surface area contributed by atoms with E-state index in [1.54, 1.807) is 18.2 Å². The van der Waals surface area contributed by atoms with Gasteiger partial charge in [0.05, 0.1) is 28.5 Å². The average molecular weight is 571 g/mol. The van der Waals surface area contributed by atoms with Crippen LogP contribution in [0.15, 0.2) is 78.0 Å². The first-order valence-corrected chi connectivity index (χ1v) is 12.6. The number of amides is 2. The van der Waals surface area contributed by atoms with E-state index in [0.29, 0.717) is 5.69 Å². The Bertz CT molecular complexity index is 1560. The van der Waals surface area contributed by atoms with Gasteiger partial charge < -0.3 is 10.6 Å². The fraction of sp³-hybridized carbons (Fsp3) is 0.154. The van der Waals surface area contributed by atoms with Crippen molar-refractivity contribution < 1.29 is 27.7 Å². The van der Waals surface area contributed by atoms with E-state index in [1.165, 1.54) is 41.0 Å². The molecule has 3 aromatic carbocycles. The first-order valence-electron chi connectivity index (χ1n) is 11.6. The predicted octanol–water partition coefficient (Wildman–Crippen LogP) is 5.16. The molecule has 0 aliphatic carbocycles. The maximum absolute atomic E-state index is 13.4. The van der Waals surface area contributed by atoms with Crippen LogP contribution in [0, 0.1) is 17.0 Å². The zero-order chi connectivity index (χ0) is 28.9. The molecule has 14 heteroatoms. The van der Waals surface area contributed by atoms with E-state index in [-0.39, 0.29) is 46.1 Å². The smallest absolute Gasteiger partial charge is 0.345 e. The predicted molar refractivity (Wildman–Crippen MR) is 141 cm³/mol. The van der Waals surface area contributed by atoms with Gasteiger partial charge in [-0.05, 0) is 55.0 Å². The van der Waals surface area contributed by atoms with Crippen LogP contribution in [0.3, 0.4) is 0 Å². The number of anilines is 1. The second kappa shape index (κ2) is 12.0. The number of carbonyl (C=O) groups excluding carboxylic acids is 2. The summed E-state index contributed by atoms with van der Waals surface area (Å²) in [4.78, 5) is 35.4. The van der Waals surface area contributed by atoms with Crippen LogP contribution >= 0.6 is 11.8 Å². The molecule has 0 saturated heterocycles. The molecule has 2 N–H and O–H groups in total. The zero-order valence-corrected chi connectivity index (χ0v) is 21.6. The minimum atomic E-state index is -4.60. The average Bonchev–Trinajstić information content (AvgIpc) is 3.33. The Balaban J connectivity index is 1.56. The summed E-state index contributed by atoms with van der Waals surface area (Å²) in [6, 6.07) is 16.6. The number of thioether (sulfide) groups is 1. The second-order valence-electron chi connectivity index (χ2n) is 8.48. The summed E-state index contributed by atoms with van der Waals surface area (Å²) >= 11 is 0.962. The molecule has 0 saturated carbocycles. The number of alkyl halides is 3. The minimum Gasteiger partial charge on any atom is -0.345 e. The lowest BCUT2D eigenvalue weighted by Gasteiger charge is -2.13. The Morgan fingerprint density at radius 1 is 1.02 bits per heavy atom. The van der Waals surface area contributed by atoms with Crippen molar-refractivity contribution in [1.29, 1.82) is 0 Å². The number of nitro benzene ring substituents is 1. The number of aryl methyl sites for hydroxylation is 1. The standard InChI is InChI=1S/C26H21F3N6O4S/c1-16-4-2-6-19(12-16)31-23(36)15-40-25-33-32-22(34(25)21-7-3-5-18(13-21)26(27,28)29)14-30-24(37)17-8-10-20(11-9-17)35(38)39/h2-13H,14-15H2,1H3,(H,30,37)(H,31,36). The Kier molecular flexibility index (Phi) is 8.48. The highest BCUT2D eigenvalue weighted by atomic mass is 32.2. The van der Waals surface area contributed by atoms with Gasteiger partial charge in [0.25, 0.3) is 11.6 Å². The normalized spacial score (nSPS) is 11.2. The second-order valence-corrected chi connectivity index (χ2v) is 9.42. The molecule has 0 spiro atoms. The molecular formula is C26H21F3N6O4S. The lowest BCUT2D eigenvalue weighted by Crippen LogP contribution is -2.24. The number of aromatic nitrogens is 3. The van der Waals surface area contributed by atoms with Crippen LogP contribution in [-0.4, -0.2) is 37.3 Å². The first kappa shape index (κ1) is 28.3. The molecule has 1 aromatic heterocycles. The highest BCUT2D eigenvalue weighted by Gasteiger charge is 2.31. The van der Waals surface area contributed by atoms with Crippen molar-refractivity contribution in [3.8, 4) is 5.69 Å². The SMILES string of the molecule is Cc1cccc(NC(=O)CSc2nnc(CNC(=O)c3ccc([N+](=O)[O-])cc3)n2-c2cccc(C(F)(F)F)c2)c1. The fourth-order valence-corrected chi connectivity index (χ4v) is 4.41. The molecule has 2 amide bonds. The van der Waals surface area contributed by atoms with Gasteiger partial charge in [0.1, 0.15) is 0 Å². The number of halogens is 3. The number of hydrogen-bond acceptors (Lipinski definition) is 7. The number of nitrogens with one attached hydrogen (secondary N) is 2. The van der Waals surface area contributed by atoms with Crippen molar-refractivity contribution in [2.75, 3.05) is 11.1 Å². The summed E-state index contributed by atoms with van der Waals surface area (Å²) < 4.78 is 41.6. The van der Waals surface area contributed by atoms with Gasteiger partial charge in [-0.15, -0.1) is 10.2 Å². The summed E-state index contributed by atoms with van der Waals surface area (Å²) in [5.74, 6) is -0.946. The molecule has 0 atom stereocenters. The topological polar surface area (TPSA) is 132 Å². The van der Waals surface area contributed by atoms with Gasteiger partial charge >= 0.3 is 6.18 Å². The van der Waals surface area contributed by atoms with Crippen LogP contribution in [0.1, 0.15) is 27.3 Å². The molecular weight excluding hydrogens is 549 g/mol. The number of nitro groups is 1. The maximum atomic E-state index is 13.4. The van der Waals surface area contributed by atoms with Crippen molar-refractivity contribution in [2.24, 2.45) is 0 Å². The highest BCUT2D eigenvalue weighted by molar-refractivity contribution is 7.99. The Labute approximate surface area is 229 Å². The third-order valence-electron chi connectivity index (χ3n) is 5.51. The van der Waals surface area contributed by atoms with Crippen molar-refractivity contribution in [2.45, 2.75) is 24.8 Å². The molecule has 0 aliphatic heterocycles. The fourth-order valence-electron chi connectivity index (χ4n) is 3.63. The zero-order valence-electron chi connectivity index (χ0n) is 20.8. The molecule has 4 aromatic rings. The molecule has 0 unspecified atom stereocenters. The molecule has 0 aliphatic rings. The van der Waals surface area contributed by atoms with Gasteiger partial charge in [-0.1, -0.05) is 30.0 Å². The monoisotopic (exact) mass is 570 g/mol. The Morgan fingerprint density at radius 3 is 2.42 bits per heavy atom. The quantitative estimate of drug-likeness (QED) is 0.161. The van der Waals surface area contributed by atoms with Crippen LogP contribution in [0.5, 0.6) is 0 Å². The molecule has 10 nitrogen and oxygen atoms in total. The van der Waals surface area contributed by atoms with Gasteiger partial charge in [-0.2, -0.15) is 13.2 Å². The van der Waals surface area contributed by atoms with Gasteiger partial charge in [0.2, 0.25) is 5.91 Å². The van der Waals surface area contributed by atoms with Gasteiger partial charge in [-0.25, -0.2) is 0 Å². The molecule has 0 bridgehead atoms. The Hall–Kier alpha value is -4.72. The molecule has 0 radical (unpaired) electrons. The van der Waals surface area contributed by atoms with E-state index in [4.69, 9.17) is 0 Å². The number of carbonyl (C=O) groups is 2. The summed E-state index contributed by atoms with van der Waals surface area (Å²) in [7, 11) is 0. The summed E-state index contributed by atoms with van der Waals surface area (Å²) in [5, 5.41) is 24.4. The van der Waals surface area contributed by atoms with Gasteiger partial charge in [-0.3, -0.25) is 24.3 Å². The van der Waals surface area contributed by atoms with E-state index in [9.17, 15) is 32.9 Å². The molecule has 1 heterocycles. The largest absolute Gasteiger partial charge is 0.416 e. The molecule has 40 heavy (non-hydrogen) atoms. The summed E-state index contributed by atoms with van der Waals surface area (Å²) in [6.45, 7) is 1.65. The lowest BCUT2D eigenvalue weighted by atomic mass is 10.2. The van der Waals surface area contributed by atoms with Gasteiger partial charge in [0, 0.05) is 23.4 Å². The van der Waals surface area contributed by atoms with Crippen molar-refractivity contribution >= 4 is 35.0 Å². The number of benzene rings is 3. The maximum Gasteiger partial charge on any atom is 0.416 e. The summed E-state index contributed by atoms with van der Waals surface area (Å²) in [6.07, 6.45) is -4.60. The van der Waals surface area contributed by atoms with Crippen LogP contribution in [0.2, 0.25) is 0 Å². The van der Waals surface area contributed by atoms with Crippen molar-refractivity contribution in [1.82, 2.24) is 20.1 Å². The minimum absolute atomic E-state index is 0.0843. The third kappa shape index (κ3) is 7.02. The van der Waals surface area contributed by atoms with Crippen molar-refractivity contribution in [3.05, 3.63) is 105 Å². The van der Waals surface area contributed by atoms with E-state index in [0.717, 1.165) is 29.5 Å². The van der Waals surface area contributed by atoms with Crippen molar-refractivity contribution in [3.63, 3.8) is 0 Å². The lowest BCUT2D eigenvalue weighted by molar-refractivity contribution is -0.384.